The fourth-order valence-electron chi connectivity index (χ4n) is 2.44. The van der Waals surface area contributed by atoms with Gasteiger partial charge in [0.25, 0.3) is 0 Å². The first kappa shape index (κ1) is 15.6. The van der Waals surface area contributed by atoms with Crippen LogP contribution in [0, 0.1) is 0 Å². The topological polar surface area (TPSA) is 57.5 Å². The molecule has 2 N–H and O–H groups in total. The van der Waals surface area contributed by atoms with Crippen molar-refractivity contribution in [3.63, 3.8) is 0 Å². The van der Waals surface area contributed by atoms with Gasteiger partial charge in [-0.05, 0) is 34.4 Å². The van der Waals surface area contributed by atoms with Crippen molar-refractivity contribution < 1.29 is 15.0 Å². The molecule has 0 heterocycles. The van der Waals surface area contributed by atoms with Gasteiger partial charge in [-0.25, -0.2) is 4.79 Å². The van der Waals surface area contributed by atoms with Crippen LogP contribution in [0.4, 0.5) is 0 Å². The third-order valence-electron chi connectivity index (χ3n) is 3.74. The van der Waals surface area contributed by atoms with Crippen molar-refractivity contribution >= 4 is 18.1 Å². The highest BCUT2D eigenvalue weighted by Gasteiger charge is 2.08. The summed E-state index contributed by atoms with van der Waals surface area (Å²) in [4.78, 5) is 11.0. The smallest absolute Gasteiger partial charge is 0.339 e. The van der Waals surface area contributed by atoms with E-state index in [1.807, 2.05) is 42.5 Å². The maximum atomic E-state index is 11.0. The summed E-state index contributed by atoms with van der Waals surface area (Å²) in [5, 5.41) is 18.6. The summed E-state index contributed by atoms with van der Waals surface area (Å²) in [5.41, 5.74) is 3.94. The van der Waals surface area contributed by atoms with Gasteiger partial charge in [0.15, 0.2) is 0 Å². The lowest BCUT2D eigenvalue weighted by Gasteiger charge is -2.03. The second kappa shape index (κ2) is 6.84. The van der Waals surface area contributed by atoms with Crippen molar-refractivity contribution in [2.45, 2.75) is 0 Å². The monoisotopic (exact) mass is 316 g/mol. The van der Waals surface area contributed by atoms with Crippen LogP contribution in [0.5, 0.6) is 5.75 Å². The average Bonchev–Trinajstić information content (AvgIpc) is 2.62. The van der Waals surface area contributed by atoms with Crippen LogP contribution in [0.25, 0.3) is 23.3 Å². The second-order valence-electron chi connectivity index (χ2n) is 5.40. The SMILES string of the molecule is O=C(O)c1cc(C=Cc2ccc(-c3ccccc3)cc2)ccc1O. The number of aromatic hydroxyl groups is 1. The first-order chi connectivity index (χ1) is 11.6. The summed E-state index contributed by atoms with van der Waals surface area (Å²) in [6.07, 6.45) is 3.73. The van der Waals surface area contributed by atoms with Crippen LogP contribution in [0.1, 0.15) is 21.5 Å². The van der Waals surface area contributed by atoms with Gasteiger partial charge in [-0.1, -0.05) is 72.8 Å². The Morgan fingerprint density at radius 2 is 1.33 bits per heavy atom. The highest BCUT2D eigenvalue weighted by atomic mass is 16.4. The van der Waals surface area contributed by atoms with Crippen molar-refractivity contribution in [3.05, 3.63) is 89.5 Å². The Kier molecular flexibility index (Phi) is 4.43. The molecule has 0 amide bonds. The van der Waals surface area contributed by atoms with Crippen LogP contribution in [0.2, 0.25) is 0 Å². The summed E-state index contributed by atoms with van der Waals surface area (Å²) in [5.74, 6) is -1.37. The number of benzene rings is 3. The van der Waals surface area contributed by atoms with Gasteiger partial charge in [-0.2, -0.15) is 0 Å². The van der Waals surface area contributed by atoms with Crippen LogP contribution < -0.4 is 0 Å². The fraction of sp³-hybridized carbons (Fsp3) is 0. The third-order valence-corrected chi connectivity index (χ3v) is 3.74. The molecule has 0 aliphatic rings. The van der Waals surface area contributed by atoms with Crippen LogP contribution in [-0.4, -0.2) is 16.2 Å². The zero-order valence-electron chi connectivity index (χ0n) is 12.9. The van der Waals surface area contributed by atoms with E-state index in [1.54, 1.807) is 6.07 Å². The summed E-state index contributed by atoms with van der Waals surface area (Å²) in [7, 11) is 0. The number of hydrogen-bond acceptors (Lipinski definition) is 2. The van der Waals surface area contributed by atoms with E-state index >= 15 is 0 Å². The number of phenols is 1. The van der Waals surface area contributed by atoms with Crippen LogP contribution >= 0.6 is 0 Å². The summed E-state index contributed by atoms with van der Waals surface area (Å²) >= 11 is 0. The van der Waals surface area contributed by atoms with Gasteiger partial charge in [0.05, 0.1) is 0 Å². The molecule has 0 unspecified atom stereocenters. The molecule has 0 aliphatic heterocycles. The minimum absolute atomic E-state index is 0.100. The Labute approximate surface area is 140 Å². The second-order valence-corrected chi connectivity index (χ2v) is 5.40. The summed E-state index contributed by atoms with van der Waals surface area (Å²) < 4.78 is 0. The molecular weight excluding hydrogens is 300 g/mol. The zero-order valence-corrected chi connectivity index (χ0v) is 12.9. The average molecular weight is 316 g/mol. The zero-order chi connectivity index (χ0) is 16.9. The van der Waals surface area contributed by atoms with E-state index in [9.17, 15) is 9.90 Å². The van der Waals surface area contributed by atoms with Crippen molar-refractivity contribution in [1.82, 2.24) is 0 Å². The lowest BCUT2D eigenvalue weighted by atomic mass is 10.0. The highest BCUT2D eigenvalue weighted by molar-refractivity contribution is 5.91. The maximum absolute atomic E-state index is 11.0. The predicted molar refractivity (Wildman–Crippen MR) is 95.9 cm³/mol. The van der Waals surface area contributed by atoms with Crippen molar-refractivity contribution in [2.24, 2.45) is 0 Å². The number of carboxylic acids is 1. The maximum Gasteiger partial charge on any atom is 0.339 e. The Morgan fingerprint density at radius 1 is 0.750 bits per heavy atom. The molecule has 0 fully saturated rings. The molecule has 0 saturated carbocycles. The van der Waals surface area contributed by atoms with Crippen LogP contribution in [-0.2, 0) is 0 Å². The van der Waals surface area contributed by atoms with Gasteiger partial charge >= 0.3 is 5.97 Å². The Bertz CT molecular complexity index is 879. The van der Waals surface area contributed by atoms with E-state index in [1.165, 1.54) is 12.1 Å². The van der Waals surface area contributed by atoms with E-state index in [2.05, 4.69) is 24.3 Å². The van der Waals surface area contributed by atoms with Crippen LogP contribution in [0.15, 0.2) is 72.8 Å². The third kappa shape index (κ3) is 3.52. The number of hydrogen-bond donors (Lipinski definition) is 2. The molecule has 0 spiro atoms. The molecule has 3 aromatic carbocycles. The van der Waals surface area contributed by atoms with Gasteiger partial charge in [0.1, 0.15) is 11.3 Å². The first-order valence-electron chi connectivity index (χ1n) is 7.53. The largest absolute Gasteiger partial charge is 0.507 e. The molecule has 0 aromatic heterocycles. The van der Waals surface area contributed by atoms with E-state index in [0.717, 1.165) is 22.3 Å². The first-order valence-corrected chi connectivity index (χ1v) is 7.53. The van der Waals surface area contributed by atoms with Crippen LogP contribution in [0.3, 0.4) is 0 Å². The molecule has 3 aromatic rings. The molecule has 0 bridgehead atoms. The number of aromatic carboxylic acids is 1. The van der Waals surface area contributed by atoms with Gasteiger partial charge < -0.3 is 10.2 Å². The predicted octanol–water partition coefficient (Wildman–Crippen LogP) is 4.93. The van der Waals surface area contributed by atoms with Crippen molar-refractivity contribution in [1.29, 1.82) is 0 Å². The Hall–Kier alpha value is -3.33. The number of carboxylic acid groups (broad SMARTS) is 1. The minimum Gasteiger partial charge on any atom is -0.507 e. The van der Waals surface area contributed by atoms with Crippen molar-refractivity contribution in [3.8, 4) is 16.9 Å². The molecule has 0 radical (unpaired) electrons. The number of carbonyl (C=O) groups is 1. The minimum atomic E-state index is -1.14. The van der Waals surface area contributed by atoms with Gasteiger partial charge in [0.2, 0.25) is 0 Å². The lowest BCUT2D eigenvalue weighted by molar-refractivity contribution is 0.0693. The Balaban J connectivity index is 1.80. The summed E-state index contributed by atoms with van der Waals surface area (Å²) in [6, 6.07) is 22.8. The molecular formula is C21H16O3. The normalized spacial score (nSPS) is 10.8. The molecule has 0 aliphatic carbocycles. The molecule has 24 heavy (non-hydrogen) atoms. The summed E-state index contributed by atoms with van der Waals surface area (Å²) in [6.45, 7) is 0. The van der Waals surface area contributed by atoms with Gasteiger partial charge in [-0.15, -0.1) is 0 Å². The molecule has 0 saturated heterocycles. The molecule has 3 heteroatoms. The molecule has 3 rings (SSSR count). The quantitative estimate of drug-likeness (QED) is 0.671. The van der Waals surface area contributed by atoms with E-state index < -0.39 is 5.97 Å². The van der Waals surface area contributed by atoms with E-state index in [0.29, 0.717) is 0 Å². The molecule has 3 nitrogen and oxygen atoms in total. The fourth-order valence-corrected chi connectivity index (χ4v) is 2.44. The van der Waals surface area contributed by atoms with Gasteiger partial charge in [0, 0.05) is 0 Å². The van der Waals surface area contributed by atoms with E-state index in [4.69, 9.17) is 5.11 Å². The Morgan fingerprint density at radius 3 is 2.00 bits per heavy atom. The van der Waals surface area contributed by atoms with Gasteiger partial charge in [-0.3, -0.25) is 0 Å². The van der Waals surface area contributed by atoms with E-state index in [-0.39, 0.29) is 11.3 Å². The number of rotatable bonds is 4. The molecule has 118 valence electrons. The van der Waals surface area contributed by atoms with Crippen molar-refractivity contribution in [2.75, 3.05) is 0 Å². The highest BCUT2D eigenvalue weighted by Crippen LogP contribution is 2.22. The standard InChI is InChI=1S/C21H16O3/c22-20-13-10-16(14-19(20)21(23)24)7-6-15-8-11-18(12-9-15)17-4-2-1-3-5-17/h1-14,22H,(H,23,24). The molecule has 0 atom stereocenters. The lowest BCUT2D eigenvalue weighted by Crippen LogP contribution is -1.96.